The first kappa shape index (κ1) is 12.2. The van der Waals surface area contributed by atoms with Gasteiger partial charge in [0.25, 0.3) is 0 Å². The molecule has 1 aromatic rings. The van der Waals surface area contributed by atoms with Gasteiger partial charge in [0.05, 0.1) is 6.61 Å². The summed E-state index contributed by atoms with van der Waals surface area (Å²) in [5.74, 6) is -9.94. The quantitative estimate of drug-likeness (QED) is 0.786. The highest BCUT2D eigenvalue weighted by atomic mass is 19.2. The molecule has 0 bridgehead atoms. The Morgan fingerprint density at radius 2 is 1.81 bits per heavy atom. The van der Waals surface area contributed by atoms with Gasteiger partial charge in [0.15, 0.2) is 17.4 Å². The lowest BCUT2D eigenvalue weighted by molar-refractivity contribution is 0.0685. The van der Waals surface area contributed by atoms with Crippen molar-refractivity contribution in [1.82, 2.24) is 0 Å². The Balaban J connectivity index is 3.58. The number of benzene rings is 1. The summed E-state index contributed by atoms with van der Waals surface area (Å²) in [5.41, 5.74) is -1.36. The molecule has 0 unspecified atom stereocenters. The SMILES string of the molecule is CCOc1c(O)c(C(=O)O)c(F)c(F)c1F. The van der Waals surface area contributed by atoms with E-state index in [4.69, 9.17) is 5.11 Å². The summed E-state index contributed by atoms with van der Waals surface area (Å²) in [6.07, 6.45) is 0. The second kappa shape index (κ2) is 4.30. The number of ether oxygens (including phenoxy) is 1. The Bertz CT molecular complexity index is 445. The van der Waals surface area contributed by atoms with Gasteiger partial charge in [-0.2, -0.15) is 4.39 Å². The maximum atomic E-state index is 13.1. The van der Waals surface area contributed by atoms with Crippen LogP contribution in [0.2, 0.25) is 0 Å². The molecule has 0 radical (unpaired) electrons. The Labute approximate surface area is 87.9 Å². The minimum absolute atomic E-state index is 0.144. The van der Waals surface area contributed by atoms with Crippen LogP contribution in [-0.4, -0.2) is 22.8 Å². The average Bonchev–Trinajstić information content (AvgIpc) is 2.21. The molecule has 1 aromatic carbocycles. The van der Waals surface area contributed by atoms with Gasteiger partial charge >= 0.3 is 5.97 Å². The molecule has 0 aromatic heterocycles. The minimum Gasteiger partial charge on any atom is -0.504 e. The van der Waals surface area contributed by atoms with E-state index in [1.807, 2.05) is 0 Å². The highest BCUT2D eigenvalue weighted by Gasteiger charge is 2.29. The first-order valence-electron chi connectivity index (χ1n) is 4.17. The van der Waals surface area contributed by atoms with Crippen LogP contribution < -0.4 is 4.74 Å². The van der Waals surface area contributed by atoms with Crippen LogP contribution in [0, 0.1) is 17.5 Å². The molecule has 0 heterocycles. The van der Waals surface area contributed by atoms with Crippen molar-refractivity contribution in [3.05, 3.63) is 23.0 Å². The van der Waals surface area contributed by atoms with Crippen molar-refractivity contribution in [2.45, 2.75) is 6.92 Å². The summed E-state index contributed by atoms with van der Waals surface area (Å²) in [6, 6.07) is 0. The van der Waals surface area contributed by atoms with Crippen molar-refractivity contribution >= 4 is 5.97 Å². The zero-order valence-corrected chi connectivity index (χ0v) is 8.05. The van der Waals surface area contributed by atoms with E-state index in [0.717, 1.165) is 0 Å². The van der Waals surface area contributed by atoms with E-state index in [1.54, 1.807) is 0 Å². The van der Waals surface area contributed by atoms with Crippen molar-refractivity contribution in [2.75, 3.05) is 6.61 Å². The number of hydrogen-bond acceptors (Lipinski definition) is 3. The maximum Gasteiger partial charge on any atom is 0.342 e. The summed E-state index contributed by atoms with van der Waals surface area (Å²) in [6.45, 7) is 1.26. The van der Waals surface area contributed by atoms with Crippen LogP contribution in [-0.2, 0) is 0 Å². The second-order valence-corrected chi connectivity index (χ2v) is 2.73. The molecule has 0 aliphatic carbocycles. The molecule has 0 saturated heterocycles. The predicted molar refractivity (Wildman–Crippen MR) is 46.1 cm³/mol. The molecule has 0 saturated carbocycles. The molecule has 7 heteroatoms. The normalized spacial score (nSPS) is 10.2. The number of aromatic hydroxyl groups is 1. The molecular weight excluding hydrogens is 229 g/mol. The highest BCUT2D eigenvalue weighted by Crippen LogP contribution is 2.36. The predicted octanol–water partition coefficient (Wildman–Crippen LogP) is 1.91. The van der Waals surface area contributed by atoms with Gasteiger partial charge in [0, 0.05) is 0 Å². The summed E-state index contributed by atoms with van der Waals surface area (Å²) >= 11 is 0. The van der Waals surface area contributed by atoms with E-state index >= 15 is 0 Å². The Kier molecular flexibility index (Phi) is 3.26. The first-order chi connectivity index (χ1) is 7.41. The Morgan fingerprint density at radius 1 is 1.25 bits per heavy atom. The molecule has 1 rings (SSSR count). The number of carboxylic acid groups (broad SMARTS) is 1. The summed E-state index contributed by atoms with van der Waals surface area (Å²) in [4.78, 5) is 10.5. The zero-order chi connectivity index (χ0) is 12.5. The van der Waals surface area contributed by atoms with Crippen molar-refractivity contribution in [1.29, 1.82) is 0 Å². The van der Waals surface area contributed by atoms with E-state index in [-0.39, 0.29) is 6.61 Å². The van der Waals surface area contributed by atoms with Crippen molar-refractivity contribution in [3.63, 3.8) is 0 Å². The molecular formula is C9H7F3O4. The lowest BCUT2D eigenvalue weighted by Gasteiger charge is -2.10. The molecule has 0 fully saturated rings. The first-order valence-corrected chi connectivity index (χ1v) is 4.17. The van der Waals surface area contributed by atoms with Crippen LogP contribution >= 0.6 is 0 Å². The van der Waals surface area contributed by atoms with Crippen LogP contribution in [0.15, 0.2) is 0 Å². The van der Waals surface area contributed by atoms with E-state index < -0.39 is 40.5 Å². The number of carboxylic acids is 1. The lowest BCUT2D eigenvalue weighted by atomic mass is 10.1. The molecule has 0 spiro atoms. The van der Waals surface area contributed by atoms with E-state index in [2.05, 4.69) is 4.74 Å². The number of phenols is 1. The molecule has 4 nitrogen and oxygen atoms in total. The van der Waals surface area contributed by atoms with Crippen LogP contribution in [0.3, 0.4) is 0 Å². The third kappa shape index (κ3) is 1.75. The fourth-order valence-electron chi connectivity index (χ4n) is 1.10. The molecule has 16 heavy (non-hydrogen) atoms. The lowest BCUT2D eigenvalue weighted by Crippen LogP contribution is -2.08. The third-order valence-electron chi connectivity index (χ3n) is 1.76. The third-order valence-corrected chi connectivity index (χ3v) is 1.76. The topological polar surface area (TPSA) is 66.8 Å². The van der Waals surface area contributed by atoms with Crippen LogP contribution in [0.25, 0.3) is 0 Å². The maximum absolute atomic E-state index is 13.1. The monoisotopic (exact) mass is 236 g/mol. The van der Waals surface area contributed by atoms with Gasteiger partial charge in [-0.3, -0.25) is 0 Å². The van der Waals surface area contributed by atoms with Crippen molar-refractivity contribution < 1.29 is 32.9 Å². The highest BCUT2D eigenvalue weighted by molar-refractivity contribution is 5.92. The van der Waals surface area contributed by atoms with Gasteiger partial charge in [-0.1, -0.05) is 0 Å². The van der Waals surface area contributed by atoms with Gasteiger partial charge in [-0.25, -0.2) is 13.6 Å². The molecule has 0 aliphatic rings. The van der Waals surface area contributed by atoms with Crippen molar-refractivity contribution in [3.8, 4) is 11.5 Å². The van der Waals surface area contributed by atoms with Gasteiger partial charge in [-0.15, -0.1) is 0 Å². The van der Waals surface area contributed by atoms with E-state index in [0.29, 0.717) is 0 Å². The van der Waals surface area contributed by atoms with Crippen LogP contribution in [0.5, 0.6) is 11.5 Å². The standard InChI is InChI=1S/C9H7F3O4/c1-2-16-8-6(12)5(11)4(10)3(7(8)13)9(14)15/h13H,2H2,1H3,(H,14,15). The van der Waals surface area contributed by atoms with Crippen LogP contribution in [0.1, 0.15) is 17.3 Å². The second-order valence-electron chi connectivity index (χ2n) is 2.73. The number of hydrogen-bond donors (Lipinski definition) is 2. The fraction of sp³-hybridized carbons (Fsp3) is 0.222. The Hall–Kier alpha value is -1.92. The van der Waals surface area contributed by atoms with Crippen molar-refractivity contribution in [2.24, 2.45) is 0 Å². The number of carbonyl (C=O) groups is 1. The summed E-state index contributed by atoms with van der Waals surface area (Å²) in [7, 11) is 0. The smallest absolute Gasteiger partial charge is 0.342 e. The van der Waals surface area contributed by atoms with E-state index in [9.17, 15) is 23.1 Å². The molecule has 0 amide bonds. The fourth-order valence-corrected chi connectivity index (χ4v) is 1.10. The molecule has 88 valence electrons. The number of aromatic carboxylic acids is 1. The number of rotatable bonds is 3. The molecule has 0 atom stereocenters. The molecule has 2 N–H and O–H groups in total. The average molecular weight is 236 g/mol. The van der Waals surface area contributed by atoms with Gasteiger partial charge < -0.3 is 14.9 Å². The summed E-state index contributed by atoms with van der Waals surface area (Å²) in [5, 5.41) is 17.7. The van der Waals surface area contributed by atoms with Crippen LogP contribution in [0.4, 0.5) is 13.2 Å². The summed E-state index contributed by atoms with van der Waals surface area (Å²) < 4.78 is 43.5. The Morgan fingerprint density at radius 3 is 2.25 bits per heavy atom. The van der Waals surface area contributed by atoms with Gasteiger partial charge in [0.1, 0.15) is 5.56 Å². The van der Waals surface area contributed by atoms with Gasteiger partial charge in [-0.05, 0) is 6.92 Å². The number of halogens is 3. The largest absolute Gasteiger partial charge is 0.504 e. The molecule has 0 aliphatic heterocycles. The van der Waals surface area contributed by atoms with E-state index in [1.165, 1.54) is 6.92 Å². The minimum atomic E-state index is -2.00. The van der Waals surface area contributed by atoms with Gasteiger partial charge in [0.2, 0.25) is 11.6 Å². The zero-order valence-electron chi connectivity index (χ0n) is 8.05.